The second-order valence-corrected chi connectivity index (χ2v) is 5.68. The first-order valence-corrected chi connectivity index (χ1v) is 6.69. The molecule has 2 heteroatoms. The molecule has 0 amide bonds. The monoisotopic (exact) mass is 338 g/mol. The molecule has 2 aromatic carbocycles. The lowest BCUT2D eigenvalue weighted by Gasteiger charge is -2.09. The Balaban J connectivity index is 2.62. The number of hydrogen-bond acceptors (Lipinski definition) is 0. The lowest BCUT2D eigenvalue weighted by atomic mass is 10.0. The van der Waals surface area contributed by atoms with Crippen LogP contribution in [-0.4, -0.2) is 0 Å². The largest absolute Gasteiger partial charge is 0.0586 e. The van der Waals surface area contributed by atoms with Crippen molar-refractivity contribution in [3.8, 4) is 11.1 Å². The summed E-state index contributed by atoms with van der Waals surface area (Å²) < 4.78 is 2.27. The van der Waals surface area contributed by atoms with Crippen LogP contribution in [-0.2, 0) is 0 Å². The van der Waals surface area contributed by atoms with Gasteiger partial charge in [-0.1, -0.05) is 61.7 Å². The number of halogens is 2. The van der Waals surface area contributed by atoms with E-state index < -0.39 is 0 Å². The first kappa shape index (κ1) is 11.9. The minimum atomic E-state index is 1.13. The summed E-state index contributed by atoms with van der Waals surface area (Å²) in [6, 6.07) is 12.8. The Morgan fingerprint density at radius 1 is 0.688 bits per heavy atom. The van der Waals surface area contributed by atoms with Gasteiger partial charge in [0.25, 0.3) is 0 Å². The van der Waals surface area contributed by atoms with Crippen molar-refractivity contribution >= 4 is 31.9 Å². The molecule has 0 radical (unpaired) electrons. The van der Waals surface area contributed by atoms with Crippen LogP contribution in [0, 0.1) is 13.8 Å². The highest BCUT2D eigenvalue weighted by atomic mass is 79.9. The third-order valence-electron chi connectivity index (χ3n) is 2.54. The maximum atomic E-state index is 3.62. The predicted molar refractivity (Wildman–Crippen MR) is 76.8 cm³/mol. The zero-order chi connectivity index (χ0) is 11.7. The molecular formula is C14H12Br2. The van der Waals surface area contributed by atoms with Crippen LogP contribution >= 0.6 is 31.9 Å². The summed E-state index contributed by atoms with van der Waals surface area (Å²) in [6.45, 7) is 4.21. The van der Waals surface area contributed by atoms with E-state index in [1.807, 2.05) is 0 Å². The summed E-state index contributed by atoms with van der Waals surface area (Å²) in [7, 11) is 0. The van der Waals surface area contributed by atoms with Crippen molar-refractivity contribution in [3.05, 3.63) is 56.5 Å². The van der Waals surface area contributed by atoms with Crippen molar-refractivity contribution in [3.63, 3.8) is 0 Å². The van der Waals surface area contributed by atoms with Gasteiger partial charge in [-0.15, -0.1) is 0 Å². The van der Waals surface area contributed by atoms with Crippen LogP contribution in [0.4, 0.5) is 0 Å². The van der Waals surface area contributed by atoms with E-state index in [9.17, 15) is 0 Å². The van der Waals surface area contributed by atoms with Gasteiger partial charge in [0, 0.05) is 8.95 Å². The molecule has 0 heterocycles. The smallest absolute Gasteiger partial charge is 0.0256 e. The molecule has 0 unspecified atom stereocenters. The fourth-order valence-electron chi connectivity index (χ4n) is 1.68. The van der Waals surface area contributed by atoms with Crippen LogP contribution in [0.15, 0.2) is 45.3 Å². The normalized spacial score (nSPS) is 10.5. The highest BCUT2D eigenvalue weighted by Crippen LogP contribution is 2.34. The molecule has 0 saturated heterocycles. The van der Waals surface area contributed by atoms with Gasteiger partial charge in [-0.05, 0) is 42.7 Å². The second-order valence-electron chi connectivity index (χ2n) is 3.97. The van der Waals surface area contributed by atoms with Crippen molar-refractivity contribution in [2.45, 2.75) is 13.8 Å². The van der Waals surface area contributed by atoms with Crippen LogP contribution in [0.25, 0.3) is 11.1 Å². The van der Waals surface area contributed by atoms with Gasteiger partial charge in [0.2, 0.25) is 0 Å². The standard InChI is InChI=1S/C14H12Br2/c1-9-4-6-13(15)12(7-9)11-5-3-10(2)8-14(11)16/h3-8H,1-2H3. The fourth-order valence-corrected chi connectivity index (χ4v) is 2.85. The summed E-state index contributed by atoms with van der Waals surface area (Å²) in [5.41, 5.74) is 4.98. The zero-order valence-corrected chi connectivity index (χ0v) is 12.4. The summed E-state index contributed by atoms with van der Waals surface area (Å²) in [4.78, 5) is 0. The molecule has 2 rings (SSSR count). The SMILES string of the molecule is Cc1ccc(-c2cc(C)ccc2Br)c(Br)c1. The number of rotatable bonds is 1. The van der Waals surface area contributed by atoms with E-state index in [1.54, 1.807) is 0 Å². The molecule has 0 spiro atoms. The zero-order valence-electron chi connectivity index (χ0n) is 9.22. The Labute approximate surface area is 113 Å². The molecule has 0 atom stereocenters. The van der Waals surface area contributed by atoms with Crippen molar-refractivity contribution < 1.29 is 0 Å². The fraction of sp³-hybridized carbons (Fsp3) is 0.143. The molecule has 0 aliphatic carbocycles. The molecule has 0 aromatic heterocycles. The van der Waals surface area contributed by atoms with Crippen LogP contribution in [0.5, 0.6) is 0 Å². The van der Waals surface area contributed by atoms with Crippen molar-refractivity contribution in [1.82, 2.24) is 0 Å². The Bertz CT molecular complexity index is 530. The third kappa shape index (κ3) is 2.38. The van der Waals surface area contributed by atoms with Gasteiger partial charge < -0.3 is 0 Å². The molecule has 82 valence electrons. The van der Waals surface area contributed by atoms with E-state index in [-0.39, 0.29) is 0 Å². The van der Waals surface area contributed by atoms with E-state index >= 15 is 0 Å². The molecule has 16 heavy (non-hydrogen) atoms. The Morgan fingerprint density at radius 3 is 2.00 bits per heavy atom. The molecule has 0 saturated carbocycles. The average Bonchev–Trinajstić information content (AvgIpc) is 2.22. The molecule has 2 aromatic rings. The van der Waals surface area contributed by atoms with E-state index in [4.69, 9.17) is 0 Å². The highest BCUT2D eigenvalue weighted by Gasteiger charge is 2.07. The number of hydrogen-bond donors (Lipinski definition) is 0. The van der Waals surface area contributed by atoms with E-state index in [1.165, 1.54) is 22.3 Å². The average molecular weight is 340 g/mol. The minimum Gasteiger partial charge on any atom is -0.0586 e. The van der Waals surface area contributed by atoms with Crippen molar-refractivity contribution in [1.29, 1.82) is 0 Å². The molecule has 0 aliphatic heterocycles. The van der Waals surface area contributed by atoms with Gasteiger partial charge in [0.05, 0.1) is 0 Å². The molecule has 0 aliphatic rings. The molecule has 0 fully saturated rings. The quantitative estimate of drug-likeness (QED) is 0.644. The van der Waals surface area contributed by atoms with Crippen LogP contribution in [0.1, 0.15) is 11.1 Å². The maximum Gasteiger partial charge on any atom is 0.0256 e. The molecule has 0 bridgehead atoms. The van der Waals surface area contributed by atoms with Crippen LogP contribution in [0.3, 0.4) is 0 Å². The van der Waals surface area contributed by atoms with E-state index in [2.05, 4.69) is 82.1 Å². The van der Waals surface area contributed by atoms with Crippen molar-refractivity contribution in [2.24, 2.45) is 0 Å². The first-order valence-electron chi connectivity index (χ1n) is 5.10. The molecule has 0 N–H and O–H groups in total. The third-order valence-corrected chi connectivity index (χ3v) is 3.88. The van der Waals surface area contributed by atoms with Crippen LogP contribution in [0.2, 0.25) is 0 Å². The maximum absolute atomic E-state index is 3.62. The van der Waals surface area contributed by atoms with E-state index in [0.717, 1.165) is 8.95 Å². The lowest BCUT2D eigenvalue weighted by Crippen LogP contribution is -1.84. The van der Waals surface area contributed by atoms with Gasteiger partial charge in [-0.2, -0.15) is 0 Å². The summed E-state index contributed by atoms with van der Waals surface area (Å²) in [5.74, 6) is 0. The number of benzene rings is 2. The van der Waals surface area contributed by atoms with Gasteiger partial charge in [0.1, 0.15) is 0 Å². The first-order chi connectivity index (χ1) is 7.58. The summed E-state index contributed by atoms with van der Waals surface area (Å²) >= 11 is 7.22. The highest BCUT2D eigenvalue weighted by molar-refractivity contribution is 9.11. The summed E-state index contributed by atoms with van der Waals surface area (Å²) in [6.07, 6.45) is 0. The Kier molecular flexibility index (Phi) is 3.50. The second kappa shape index (κ2) is 4.72. The lowest BCUT2D eigenvalue weighted by molar-refractivity contribution is 1.42. The topological polar surface area (TPSA) is 0 Å². The minimum absolute atomic E-state index is 1.13. The molecular weight excluding hydrogens is 328 g/mol. The Hall–Kier alpha value is -0.600. The van der Waals surface area contributed by atoms with Gasteiger partial charge in [-0.3, -0.25) is 0 Å². The predicted octanol–water partition coefficient (Wildman–Crippen LogP) is 5.50. The summed E-state index contributed by atoms with van der Waals surface area (Å²) in [5, 5.41) is 0. The van der Waals surface area contributed by atoms with Crippen molar-refractivity contribution in [2.75, 3.05) is 0 Å². The van der Waals surface area contributed by atoms with Crippen LogP contribution < -0.4 is 0 Å². The Morgan fingerprint density at radius 2 is 1.31 bits per heavy atom. The number of aryl methyl sites for hydroxylation is 2. The van der Waals surface area contributed by atoms with Gasteiger partial charge >= 0.3 is 0 Å². The van der Waals surface area contributed by atoms with E-state index in [0.29, 0.717) is 0 Å². The molecule has 0 nitrogen and oxygen atoms in total. The van der Waals surface area contributed by atoms with Gasteiger partial charge in [0.15, 0.2) is 0 Å². The van der Waals surface area contributed by atoms with Gasteiger partial charge in [-0.25, -0.2) is 0 Å².